The van der Waals surface area contributed by atoms with Gasteiger partial charge in [-0.15, -0.1) is 0 Å². The quantitative estimate of drug-likeness (QED) is 0.586. The van der Waals surface area contributed by atoms with Crippen molar-refractivity contribution in [3.63, 3.8) is 0 Å². The van der Waals surface area contributed by atoms with Gasteiger partial charge in [-0.3, -0.25) is 0 Å². The second-order valence-corrected chi connectivity index (χ2v) is 3.89. The van der Waals surface area contributed by atoms with Crippen molar-refractivity contribution >= 4 is 22.6 Å². The first kappa shape index (κ1) is 11.6. The summed E-state index contributed by atoms with van der Waals surface area (Å²) in [6.07, 6.45) is -0.923. The van der Waals surface area contributed by atoms with Crippen LogP contribution in [0.2, 0.25) is 0 Å². The van der Waals surface area contributed by atoms with Crippen LogP contribution in [0.25, 0.3) is 0 Å². The fraction of sp³-hybridized carbons (Fsp3) is 1.00. The summed E-state index contributed by atoms with van der Waals surface area (Å²) in [5, 5.41) is 0. The number of rotatable bonds is 4. The van der Waals surface area contributed by atoms with Gasteiger partial charge in [0, 0.05) is 30.5 Å². The molecular weight excluding hydrogens is 293 g/mol. The molecule has 1 rings (SSSR count). The van der Waals surface area contributed by atoms with Gasteiger partial charge in [0.25, 0.3) is 6.43 Å². The van der Waals surface area contributed by atoms with Crippen LogP contribution >= 0.6 is 22.6 Å². The molecule has 1 heterocycles. The summed E-state index contributed by atoms with van der Waals surface area (Å²) < 4.78 is 35.0. The van der Waals surface area contributed by atoms with Crippen molar-refractivity contribution in [2.75, 3.05) is 24.2 Å². The van der Waals surface area contributed by atoms with Gasteiger partial charge < -0.3 is 9.47 Å². The summed E-state index contributed by atoms with van der Waals surface area (Å²) in [5.41, 5.74) is -0.366. The number of hydrogen-bond donors (Lipinski definition) is 0. The lowest BCUT2D eigenvalue weighted by atomic mass is 9.97. The first-order valence-electron chi connectivity index (χ1n) is 4.24. The Balaban J connectivity index is 2.38. The third-order valence-corrected chi connectivity index (χ3v) is 3.55. The Morgan fingerprint density at radius 2 is 2.00 bits per heavy atom. The van der Waals surface area contributed by atoms with Crippen LogP contribution in [0.3, 0.4) is 0 Å². The maximum absolute atomic E-state index is 11.9. The van der Waals surface area contributed by atoms with E-state index in [1.807, 2.05) is 0 Å². The van der Waals surface area contributed by atoms with E-state index in [9.17, 15) is 8.78 Å². The second kappa shape index (κ2) is 5.41. The van der Waals surface area contributed by atoms with E-state index in [0.29, 0.717) is 13.2 Å². The van der Waals surface area contributed by atoms with Crippen molar-refractivity contribution in [3.05, 3.63) is 0 Å². The number of alkyl halides is 3. The van der Waals surface area contributed by atoms with Gasteiger partial charge in [-0.2, -0.15) is 0 Å². The van der Waals surface area contributed by atoms with E-state index in [4.69, 9.17) is 9.47 Å². The number of ether oxygens (including phenoxy) is 2. The van der Waals surface area contributed by atoms with E-state index in [1.165, 1.54) is 0 Å². The van der Waals surface area contributed by atoms with E-state index in [0.717, 1.165) is 17.3 Å². The fourth-order valence-electron chi connectivity index (χ4n) is 1.30. The smallest absolute Gasteiger partial charge is 0.261 e. The van der Waals surface area contributed by atoms with E-state index in [-0.39, 0.29) is 5.60 Å². The molecule has 5 heteroatoms. The molecule has 0 radical (unpaired) electrons. The third-order valence-electron chi connectivity index (χ3n) is 2.16. The molecule has 0 aliphatic carbocycles. The molecule has 0 N–H and O–H groups in total. The molecule has 0 spiro atoms. The summed E-state index contributed by atoms with van der Waals surface area (Å²) in [4.78, 5) is 0. The van der Waals surface area contributed by atoms with Gasteiger partial charge in [-0.1, -0.05) is 22.6 Å². The van der Waals surface area contributed by atoms with Crippen molar-refractivity contribution in [1.29, 1.82) is 0 Å². The molecule has 1 fully saturated rings. The van der Waals surface area contributed by atoms with E-state index in [1.54, 1.807) is 0 Å². The summed E-state index contributed by atoms with van der Waals surface area (Å²) in [7, 11) is 0. The Bertz CT molecular complexity index is 149. The molecule has 0 aromatic carbocycles. The summed E-state index contributed by atoms with van der Waals surface area (Å²) >= 11 is 2.18. The minimum atomic E-state index is -2.37. The van der Waals surface area contributed by atoms with E-state index in [2.05, 4.69) is 22.6 Å². The topological polar surface area (TPSA) is 18.5 Å². The number of hydrogen-bond acceptors (Lipinski definition) is 2. The molecule has 0 aromatic heterocycles. The Morgan fingerprint density at radius 1 is 1.38 bits per heavy atom. The maximum Gasteiger partial charge on any atom is 0.261 e. The van der Waals surface area contributed by atoms with Crippen molar-refractivity contribution in [1.82, 2.24) is 0 Å². The monoisotopic (exact) mass is 306 g/mol. The van der Waals surface area contributed by atoms with Crippen LogP contribution in [0.15, 0.2) is 0 Å². The Kier molecular flexibility index (Phi) is 4.82. The number of halogens is 3. The molecule has 1 aliphatic heterocycles. The average molecular weight is 306 g/mol. The molecule has 0 aromatic rings. The van der Waals surface area contributed by atoms with Gasteiger partial charge in [0.15, 0.2) is 0 Å². The summed E-state index contributed by atoms with van der Waals surface area (Å²) in [6.45, 7) is 0.779. The molecular formula is C8H13F2IO2. The van der Waals surface area contributed by atoms with Crippen molar-refractivity contribution in [2.45, 2.75) is 24.9 Å². The second-order valence-electron chi connectivity index (χ2n) is 3.13. The normalized spacial score (nSPS) is 22.2. The Morgan fingerprint density at radius 3 is 2.46 bits per heavy atom. The van der Waals surface area contributed by atoms with Crippen LogP contribution in [0.4, 0.5) is 8.78 Å². The van der Waals surface area contributed by atoms with Crippen molar-refractivity contribution in [2.24, 2.45) is 0 Å². The zero-order valence-electron chi connectivity index (χ0n) is 7.27. The Hall–Kier alpha value is 0.510. The first-order chi connectivity index (χ1) is 6.18. The predicted molar refractivity (Wildman–Crippen MR) is 53.6 cm³/mol. The van der Waals surface area contributed by atoms with Crippen LogP contribution < -0.4 is 0 Å². The molecule has 1 aliphatic rings. The van der Waals surface area contributed by atoms with Crippen LogP contribution in [0, 0.1) is 0 Å². The highest BCUT2D eigenvalue weighted by atomic mass is 127. The lowest BCUT2D eigenvalue weighted by molar-refractivity contribution is -0.121. The molecule has 78 valence electrons. The standard InChI is InChI=1S/C8H13F2IO2/c9-7(10)5-13-8(6-11)1-3-12-4-2-8/h7H,1-6H2. The summed E-state index contributed by atoms with van der Waals surface area (Å²) in [6, 6.07) is 0. The van der Waals surface area contributed by atoms with E-state index >= 15 is 0 Å². The summed E-state index contributed by atoms with van der Waals surface area (Å²) in [5.74, 6) is 0. The van der Waals surface area contributed by atoms with Gasteiger partial charge in [-0.25, -0.2) is 8.78 Å². The first-order valence-corrected chi connectivity index (χ1v) is 5.77. The minimum Gasteiger partial charge on any atom is -0.381 e. The van der Waals surface area contributed by atoms with Gasteiger partial charge in [-0.05, 0) is 0 Å². The molecule has 13 heavy (non-hydrogen) atoms. The highest BCUT2D eigenvalue weighted by Crippen LogP contribution is 2.27. The zero-order chi connectivity index (χ0) is 9.73. The lowest BCUT2D eigenvalue weighted by Crippen LogP contribution is -2.41. The SMILES string of the molecule is FC(F)COC1(CI)CCOCC1. The molecule has 0 atom stereocenters. The van der Waals surface area contributed by atoms with Crippen LogP contribution in [0.1, 0.15) is 12.8 Å². The molecule has 2 nitrogen and oxygen atoms in total. The zero-order valence-corrected chi connectivity index (χ0v) is 9.43. The molecule has 0 saturated carbocycles. The minimum absolute atomic E-state index is 0.366. The molecule has 0 bridgehead atoms. The molecule has 0 unspecified atom stereocenters. The Labute approximate surface area is 90.1 Å². The van der Waals surface area contributed by atoms with Crippen LogP contribution in [-0.4, -0.2) is 36.3 Å². The van der Waals surface area contributed by atoms with E-state index < -0.39 is 13.0 Å². The average Bonchev–Trinajstić information content (AvgIpc) is 2.16. The van der Waals surface area contributed by atoms with Gasteiger partial charge in [0.1, 0.15) is 6.61 Å². The van der Waals surface area contributed by atoms with Crippen molar-refractivity contribution in [3.8, 4) is 0 Å². The highest BCUT2D eigenvalue weighted by Gasteiger charge is 2.33. The van der Waals surface area contributed by atoms with Crippen molar-refractivity contribution < 1.29 is 18.3 Å². The molecule has 1 saturated heterocycles. The van der Waals surface area contributed by atoms with Crippen LogP contribution in [0.5, 0.6) is 0 Å². The maximum atomic E-state index is 11.9. The largest absolute Gasteiger partial charge is 0.381 e. The van der Waals surface area contributed by atoms with Gasteiger partial charge in [0.2, 0.25) is 0 Å². The lowest BCUT2D eigenvalue weighted by Gasteiger charge is -2.35. The fourth-order valence-corrected chi connectivity index (χ4v) is 2.28. The van der Waals surface area contributed by atoms with Gasteiger partial charge >= 0.3 is 0 Å². The van der Waals surface area contributed by atoms with Crippen LogP contribution in [-0.2, 0) is 9.47 Å². The third kappa shape index (κ3) is 3.63. The highest BCUT2D eigenvalue weighted by molar-refractivity contribution is 14.1. The molecule has 0 amide bonds. The van der Waals surface area contributed by atoms with Gasteiger partial charge in [0.05, 0.1) is 5.60 Å². The predicted octanol–water partition coefficient (Wildman–Crippen LogP) is 2.25.